The number of benzene rings is 1. The first-order valence-electron chi connectivity index (χ1n) is 7.30. The van der Waals surface area contributed by atoms with Gasteiger partial charge in [0.1, 0.15) is 12.4 Å². The summed E-state index contributed by atoms with van der Waals surface area (Å²) in [5.41, 5.74) is 7.00. The van der Waals surface area contributed by atoms with Crippen LogP contribution in [0.3, 0.4) is 0 Å². The third-order valence-corrected chi connectivity index (χ3v) is 3.15. The lowest BCUT2D eigenvalue weighted by Crippen LogP contribution is -2.41. The molecular formula is C16H26N2O2. The van der Waals surface area contributed by atoms with Crippen LogP contribution in [0.2, 0.25) is 0 Å². The van der Waals surface area contributed by atoms with E-state index >= 15 is 0 Å². The van der Waals surface area contributed by atoms with Gasteiger partial charge in [-0.25, -0.2) is 0 Å². The summed E-state index contributed by atoms with van der Waals surface area (Å²) < 4.78 is 5.58. The van der Waals surface area contributed by atoms with Crippen molar-refractivity contribution in [2.45, 2.75) is 45.6 Å². The molecule has 1 amide bonds. The number of nitrogens with one attached hydrogen (secondary N) is 1. The van der Waals surface area contributed by atoms with Crippen LogP contribution in [0.25, 0.3) is 0 Å². The van der Waals surface area contributed by atoms with E-state index in [9.17, 15) is 4.79 Å². The smallest absolute Gasteiger partial charge is 0.237 e. The Morgan fingerprint density at radius 1 is 1.30 bits per heavy atom. The molecule has 0 aromatic heterocycles. The molecule has 1 aromatic rings. The molecule has 0 spiro atoms. The average molecular weight is 278 g/mol. The maximum atomic E-state index is 11.6. The minimum atomic E-state index is -0.412. The molecule has 0 saturated carbocycles. The standard InChI is InChI=1S/C16H26N2O2/c1-4-5-15(17)16(19)18-10-11-20-14-8-6-13(7-9-14)12(2)3/h6-9,12,15H,4-5,10-11,17H2,1-3H3,(H,18,19). The van der Waals surface area contributed by atoms with Crippen molar-refractivity contribution in [1.29, 1.82) is 0 Å². The molecule has 0 radical (unpaired) electrons. The van der Waals surface area contributed by atoms with Gasteiger partial charge in [-0.1, -0.05) is 39.3 Å². The molecule has 0 bridgehead atoms. The van der Waals surface area contributed by atoms with Gasteiger partial charge in [-0.05, 0) is 30.0 Å². The number of hydrogen-bond donors (Lipinski definition) is 2. The summed E-state index contributed by atoms with van der Waals surface area (Å²) in [6, 6.07) is 7.64. The zero-order chi connectivity index (χ0) is 15.0. The second-order valence-corrected chi connectivity index (χ2v) is 5.26. The molecule has 4 heteroatoms. The van der Waals surface area contributed by atoms with E-state index in [1.54, 1.807) is 0 Å². The van der Waals surface area contributed by atoms with Gasteiger partial charge in [0.15, 0.2) is 0 Å². The van der Waals surface area contributed by atoms with Gasteiger partial charge >= 0.3 is 0 Å². The predicted octanol–water partition coefficient (Wildman–Crippen LogP) is 2.43. The lowest BCUT2D eigenvalue weighted by molar-refractivity contribution is -0.122. The summed E-state index contributed by atoms with van der Waals surface area (Å²) in [6.07, 6.45) is 1.62. The normalized spacial score (nSPS) is 12.2. The lowest BCUT2D eigenvalue weighted by Gasteiger charge is -2.12. The molecule has 1 unspecified atom stereocenters. The highest BCUT2D eigenvalue weighted by Crippen LogP contribution is 2.18. The molecule has 0 aliphatic heterocycles. The van der Waals surface area contributed by atoms with Crippen molar-refractivity contribution in [3.8, 4) is 5.75 Å². The molecular weight excluding hydrogens is 252 g/mol. The molecule has 0 heterocycles. The molecule has 3 N–H and O–H groups in total. The summed E-state index contributed by atoms with van der Waals surface area (Å²) in [5, 5.41) is 2.78. The van der Waals surface area contributed by atoms with Crippen molar-refractivity contribution >= 4 is 5.91 Å². The van der Waals surface area contributed by atoms with Crippen molar-refractivity contribution in [3.05, 3.63) is 29.8 Å². The molecule has 20 heavy (non-hydrogen) atoms. The largest absolute Gasteiger partial charge is 0.492 e. The van der Waals surface area contributed by atoms with E-state index in [-0.39, 0.29) is 5.91 Å². The maximum absolute atomic E-state index is 11.6. The Hall–Kier alpha value is -1.55. The predicted molar refractivity (Wildman–Crippen MR) is 81.9 cm³/mol. The first kappa shape index (κ1) is 16.5. The third kappa shape index (κ3) is 5.61. The summed E-state index contributed by atoms with van der Waals surface area (Å²) in [7, 11) is 0. The first-order valence-corrected chi connectivity index (χ1v) is 7.30. The van der Waals surface area contributed by atoms with Crippen molar-refractivity contribution < 1.29 is 9.53 Å². The highest BCUT2D eigenvalue weighted by molar-refractivity contribution is 5.81. The van der Waals surface area contributed by atoms with E-state index in [1.165, 1.54) is 5.56 Å². The van der Waals surface area contributed by atoms with Crippen molar-refractivity contribution in [2.24, 2.45) is 5.73 Å². The Labute approximate surface area is 121 Å². The average Bonchev–Trinajstić information content (AvgIpc) is 2.44. The molecule has 1 atom stereocenters. The first-order chi connectivity index (χ1) is 9.54. The van der Waals surface area contributed by atoms with Crippen LogP contribution in [-0.4, -0.2) is 25.1 Å². The van der Waals surface area contributed by atoms with Gasteiger partial charge in [0.2, 0.25) is 5.91 Å². The molecule has 0 fully saturated rings. The number of ether oxygens (including phenoxy) is 1. The van der Waals surface area contributed by atoms with Crippen LogP contribution < -0.4 is 15.8 Å². The van der Waals surface area contributed by atoms with Crippen LogP contribution in [0.1, 0.15) is 45.1 Å². The van der Waals surface area contributed by atoms with Crippen LogP contribution in [-0.2, 0) is 4.79 Å². The van der Waals surface area contributed by atoms with Crippen molar-refractivity contribution in [1.82, 2.24) is 5.32 Å². The highest BCUT2D eigenvalue weighted by atomic mass is 16.5. The van der Waals surface area contributed by atoms with Gasteiger partial charge in [0.05, 0.1) is 12.6 Å². The van der Waals surface area contributed by atoms with Crippen LogP contribution in [0, 0.1) is 0 Å². The Bertz CT molecular complexity index is 401. The summed E-state index contributed by atoms with van der Waals surface area (Å²) in [6.45, 7) is 7.25. The van der Waals surface area contributed by atoms with E-state index in [2.05, 4.69) is 31.3 Å². The van der Waals surface area contributed by atoms with E-state index in [0.717, 1.165) is 12.2 Å². The Morgan fingerprint density at radius 2 is 1.95 bits per heavy atom. The second-order valence-electron chi connectivity index (χ2n) is 5.26. The van der Waals surface area contributed by atoms with Crippen LogP contribution in [0.15, 0.2) is 24.3 Å². The van der Waals surface area contributed by atoms with Gasteiger partial charge in [-0.2, -0.15) is 0 Å². The van der Waals surface area contributed by atoms with Gasteiger partial charge in [-0.15, -0.1) is 0 Å². The fourth-order valence-electron chi connectivity index (χ4n) is 1.87. The van der Waals surface area contributed by atoms with E-state index < -0.39 is 6.04 Å². The molecule has 1 rings (SSSR count). The van der Waals surface area contributed by atoms with Gasteiger partial charge in [0.25, 0.3) is 0 Å². The molecule has 112 valence electrons. The van der Waals surface area contributed by atoms with Crippen LogP contribution >= 0.6 is 0 Å². The monoisotopic (exact) mass is 278 g/mol. The minimum absolute atomic E-state index is 0.106. The molecule has 0 aliphatic rings. The lowest BCUT2D eigenvalue weighted by atomic mass is 10.0. The number of carbonyl (C=O) groups is 1. The fourth-order valence-corrected chi connectivity index (χ4v) is 1.87. The topological polar surface area (TPSA) is 64.4 Å². The molecule has 0 aliphatic carbocycles. The van der Waals surface area contributed by atoms with E-state index in [0.29, 0.717) is 25.5 Å². The fraction of sp³-hybridized carbons (Fsp3) is 0.562. The zero-order valence-electron chi connectivity index (χ0n) is 12.7. The molecule has 0 saturated heterocycles. The number of carbonyl (C=O) groups excluding carboxylic acids is 1. The van der Waals surface area contributed by atoms with Gasteiger partial charge in [-0.3, -0.25) is 4.79 Å². The summed E-state index contributed by atoms with van der Waals surface area (Å²) in [4.78, 5) is 11.6. The summed E-state index contributed by atoms with van der Waals surface area (Å²) >= 11 is 0. The van der Waals surface area contributed by atoms with Crippen molar-refractivity contribution in [3.63, 3.8) is 0 Å². The number of nitrogens with two attached hydrogens (primary N) is 1. The minimum Gasteiger partial charge on any atom is -0.492 e. The number of amides is 1. The number of hydrogen-bond acceptors (Lipinski definition) is 3. The Balaban J connectivity index is 2.25. The second kappa shape index (κ2) is 8.59. The zero-order valence-corrected chi connectivity index (χ0v) is 12.7. The molecule has 4 nitrogen and oxygen atoms in total. The number of rotatable bonds is 8. The quantitative estimate of drug-likeness (QED) is 0.718. The summed E-state index contributed by atoms with van der Waals surface area (Å²) in [5.74, 6) is 1.23. The highest BCUT2D eigenvalue weighted by Gasteiger charge is 2.10. The molecule has 1 aromatic carbocycles. The van der Waals surface area contributed by atoms with Crippen molar-refractivity contribution in [2.75, 3.05) is 13.2 Å². The Kier molecular flexibility index (Phi) is 7.09. The van der Waals surface area contributed by atoms with Crippen LogP contribution in [0.5, 0.6) is 5.75 Å². The SMILES string of the molecule is CCCC(N)C(=O)NCCOc1ccc(C(C)C)cc1. The van der Waals surface area contributed by atoms with Gasteiger partial charge in [0, 0.05) is 0 Å². The van der Waals surface area contributed by atoms with E-state index in [1.807, 2.05) is 19.1 Å². The Morgan fingerprint density at radius 3 is 2.50 bits per heavy atom. The third-order valence-electron chi connectivity index (χ3n) is 3.15. The maximum Gasteiger partial charge on any atom is 0.237 e. The van der Waals surface area contributed by atoms with E-state index in [4.69, 9.17) is 10.5 Å². The van der Waals surface area contributed by atoms with Crippen LogP contribution in [0.4, 0.5) is 0 Å². The van der Waals surface area contributed by atoms with Gasteiger partial charge < -0.3 is 15.8 Å².